The normalized spacial score (nSPS) is 10.4. The van der Waals surface area contributed by atoms with Gasteiger partial charge in [-0.25, -0.2) is 9.48 Å². The molecule has 1 aromatic carbocycles. The van der Waals surface area contributed by atoms with Gasteiger partial charge in [-0.3, -0.25) is 9.36 Å². The van der Waals surface area contributed by atoms with E-state index in [0.29, 0.717) is 11.4 Å². The van der Waals surface area contributed by atoms with Gasteiger partial charge in [0, 0.05) is 18.4 Å². The SMILES string of the molecule is Cc1ccc(N)cc1NC(=O)Cn1ncn(C)c1=O. The molecule has 1 amide bonds. The molecule has 7 heteroatoms. The number of aromatic nitrogens is 3. The minimum absolute atomic E-state index is 0.131. The summed E-state index contributed by atoms with van der Waals surface area (Å²) in [4.78, 5) is 23.4. The fraction of sp³-hybridized carbons (Fsp3) is 0.250. The lowest BCUT2D eigenvalue weighted by molar-refractivity contribution is -0.117. The monoisotopic (exact) mass is 261 g/mol. The van der Waals surface area contributed by atoms with Crippen LogP contribution in [0.15, 0.2) is 29.3 Å². The average Bonchev–Trinajstić information content (AvgIpc) is 2.66. The first-order chi connectivity index (χ1) is 8.97. The maximum atomic E-state index is 11.8. The topological polar surface area (TPSA) is 94.9 Å². The van der Waals surface area contributed by atoms with Gasteiger partial charge in [0.1, 0.15) is 12.9 Å². The minimum atomic E-state index is -0.334. The van der Waals surface area contributed by atoms with Crippen molar-refractivity contribution in [2.75, 3.05) is 11.1 Å². The summed E-state index contributed by atoms with van der Waals surface area (Å²) < 4.78 is 2.40. The third-order valence-electron chi connectivity index (χ3n) is 2.72. The van der Waals surface area contributed by atoms with Gasteiger partial charge in [-0.2, -0.15) is 5.10 Å². The molecule has 0 saturated carbocycles. The Morgan fingerprint density at radius 3 is 2.84 bits per heavy atom. The van der Waals surface area contributed by atoms with Gasteiger partial charge in [-0.05, 0) is 24.6 Å². The van der Waals surface area contributed by atoms with Crippen LogP contribution >= 0.6 is 0 Å². The zero-order valence-electron chi connectivity index (χ0n) is 10.8. The smallest absolute Gasteiger partial charge is 0.345 e. The molecule has 0 spiro atoms. The van der Waals surface area contributed by atoms with Crippen LogP contribution in [0, 0.1) is 6.92 Å². The highest BCUT2D eigenvalue weighted by molar-refractivity contribution is 5.91. The van der Waals surface area contributed by atoms with Gasteiger partial charge in [0.05, 0.1) is 0 Å². The highest BCUT2D eigenvalue weighted by atomic mass is 16.2. The van der Waals surface area contributed by atoms with Crippen LogP contribution < -0.4 is 16.7 Å². The first kappa shape index (κ1) is 12.9. The molecule has 19 heavy (non-hydrogen) atoms. The average molecular weight is 261 g/mol. The quantitative estimate of drug-likeness (QED) is 0.767. The number of carbonyl (C=O) groups is 1. The Bertz CT molecular complexity index is 671. The predicted molar refractivity (Wildman–Crippen MR) is 71.7 cm³/mol. The zero-order chi connectivity index (χ0) is 14.0. The van der Waals surface area contributed by atoms with Crippen LogP contribution in [0.1, 0.15) is 5.56 Å². The van der Waals surface area contributed by atoms with Gasteiger partial charge in [0.2, 0.25) is 5.91 Å². The fourth-order valence-electron chi connectivity index (χ4n) is 1.63. The fourth-order valence-corrected chi connectivity index (χ4v) is 1.63. The molecule has 7 nitrogen and oxygen atoms in total. The summed E-state index contributed by atoms with van der Waals surface area (Å²) in [5.41, 5.74) is 7.43. The molecule has 0 aliphatic rings. The molecule has 0 radical (unpaired) electrons. The van der Waals surface area contributed by atoms with E-state index in [-0.39, 0.29) is 18.1 Å². The molecule has 0 bridgehead atoms. The molecule has 2 aromatic rings. The van der Waals surface area contributed by atoms with Crippen molar-refractivity contribution in [2.45, 2.75) is 13.5 Å². The molecule has 1 aromatic heterocycles. The van der Waals surface area contributed by atoms with Gasteiger partial charge in [0.25, 0.3) is 0 Å². The van der Waals surface area contributed by atoms with E-state index in [4.69, 9.17) is 5.73 Å². The summed E-state index contributed by atoms with van der Waals surface area (Å²) in [5, 5.41) is 6.53. The summed E-state index contributed by atoms with van der Waals surface area (Å²) in [6, 6.07) is 5.25. The zero-order valence-corrected chi connectivity index (χ0v) is 10.8. The van der Waals surface area contributed by atoms with E-state index in [0.717, 1.165) is 10.2 Å². The number of nitrogen functional groups attached to an aromatic ring is 1. The van der Waals surface area contributed by atoms with Crippen molar-refractivity contribution < 1.29 is 4.79 Å². The van der Waals surface area contributed by atoms with E-state index in [1.165, 1.54) is 10.9 Å². The van der Waals surface area contributed by atoms with Crippen LogP contribution in [-0.4, -0.2) is 20.3 Å². The maximum Gasteiger partial charge on any atom is 0.345 e. The lowest BCUT2D eigenvalue weighted by atomic mass is 10.2. The molecule has 0 aliphatic heterocycles. The van der Waals surface area contributed by atoms with Crippen molar-refractivity contribution in [1.29, 1.82) is 0 Å². The van der Waals surface area contributed by atoms with Gasteiger partial charge in [-0.1, -0.05) is 6.07 Å². The Morgan fingerprint density at radius 1 is 1.47 bits per heavy atom. The summed E-state index contributed by atoms with van der Waals surface area (Å²) in [7, 11) is 1.58. The number of hydrogen-bond donors (Lipinski definition) is 2. The van der Waals surface area contributed by atoms with E-state index in [1.807, 2.05) is 13.0 Å². The number of anilines is 2. The summed E-state index contributed by atoms with van der Waals surface area (Å²) in [6.45, 7) is 1.73. The number of aryl methyl sites for hydroxylation is 2. The van der Waals surface area contributed by atoms with Gasteiger partial charge in [-0.15, -0.1) is 0 Å². The molecular formula is C12H15N5O2. The van der Waals surface area contributed by atoms with Gasteiger partial charge in [0.15, 0.2) is 0 Å². The van der Waals surface area contributed by atoms with Crippen molar-refractivity contribution in [2.24, 2.45) is 7.05 Å². The number of nitrogens with two attached hydrogens (primary N) is 1. The summed E-state index contributed by atoms with van der Waals surface area (Å²) >= 11 is 0. The first-order valence-electron chi connectivity index (χ1n) is 5.72. The third kappa shape index (κ3) is 2.82. The second-order valence-corrected chi connectivity index (χ2v) is 4.30. The Labute approximate surface area is 109 Å². The van der Waals surface area contributed by atoms with Crippen molar-refractivity contribution in [1.82, 2.24) is 14.3 Å². The molecule has 2 rings (SSSR count). The lowest BCUT2D eigenvalue weighted by Gasteiger charge is -2.08. The van der Waals surface area contributed by atoms with Gasteiger partial charge >= 0.3 is 5.69 Å². The number of rotatable bonds is 3. The van der Waals surface area contributed by atoms with E-state index in [1.54, 1.807) is 19.2 Å². The van der Waals surface area contributed by atoms with Crippen LogP contribution in [0.4, 0.5) is 11.4 Å². The number of nitrogens with one attached hydrogen (secondary N) is 1. The Balaban J connectivity index is 2.12. The van der Waals surface area contributed by atoms with Gasteiger partial charge < -0.3 is 11.1 Å². The number of nitrogens with zero attached hydrogens (tertiary/aromatic N) is 3. The first-order valence-corrected chi connectivity index (χ1v) is 5.72. The van der Waals surface area contributed by atoms with Crippen LogP contribution in [0.3, 0.4) is 0 Å². The molecule has 100 valence electrons. The van der Waals surface area contributed by atoms with E-state index in [2.05, 4.69) is 10.4 Å². The molecule has 0 aliphatic carbocycles. The molecule has 3 N–H and O–H groups in total. The number of carbonyl (C=O) groups excluding carboxylic acids is 1. The number of hydrogen-bond acceptors (Lipinski definition) is 4. The van der Waals surface area contributed by atoms with Crippen LogP contribution in [-0.2, 0) is 18.4 Å². The highest BCUT2D eigenvalue weighted by Crippen LogP contribution is 2.17. The summed E-state index contributed by atoms with van der Waals surface area (Å²) in [6.07, 6.45) is 1.36. The second kappa shape index (κ2) is 4.97. The van der Waals surface area contributed by atoms with Crippen molar-refractivity contribution in [3.05, 3.63) is 40.6 Å². The molecule has 0 fully saturated rings. The Hall–Kier alpha value is -2.57. The number of benzene rings is 1. The van der Waals surface area contributed by atoms with Crippen LogP contribution in [0.2, 0.25) is 0 Å². The summed E-state index contributed by atoms with van der Waals surface area (Å²) in [5.74, 6) is -0.325. The largest absolute Gasteiger partial charge is 0.399 e. The standard InChI is InChI=1S/C12H15N5O2/c1-8-3-4-9(13)5-10(8)15-11(18)6-17-12(19)16(2)7-14-17/h3-5,7H,6,13H2,1-2H3,(H,15,18). The molecule has 1 heterocycles. The third-order valence-corrected chi connectivity index (χ3v) is 2.72. The molecule has 0 saturated heterocycles. The van der Waals surface area contributed by atoms with Crippen LogP contribution in [0.5, 0.6) is 0 Å². The van der Waals surface area contributed by atoms with E-state index in [9.17, 15) is 9.59 Å². The molecular weight excluding hydrogens is 246 g/mol. The highest BCUT2D eigenvalue weighted by Gasteiger charge is 2.09. The van der Waals surface area contributed by atoms with Crippen molar-refractivity contribution in [3.63, 3.8) is 0 Å². The van der Waals surface area contributed by atoms with Crippen molar-refractivity contribution in [3.8, 4) is 0 Å². The lowest BCUT2D eigenvalue weighted by Crippen LogP contribution is -2.29. The van der Waals surface area contributed by atoms with Crippen LogP contribution in [0.25, 0.3) is 0 Å². The molecule has 0 unspecified atom stereocenters. The second-order valence-electron chi connectivity index (χ2n) is 4.30. The number of amides is 1. The van der Waals surface area contributed by atoms with E-state index >= 15 is 0 Å². The Morgan fingerprint density at radius 2 is 2.21 bits per heavy atom. The predicted octanol–water partition coefficient (Wildman–Crippen LogP) is 0.111. The van der Waals surface area contributed by atoms with E-state index < -0.39 is 0 Å². The minimum Gasteiger partial charge on any atom is -0.399 e. The van der Waals surface area contributed by atoms with Crippen molar-refractivity contribution >= 4 is 17.3 Å². The Kier molecular flexibility index (Phi) is 3.37. The maximum absolute atomic E-state index is 11.8. The molecule has 0 atom stereocenters.